The van der Waals surface area contributed by atoms with Gasteiger partial charge in [0.1, 0.15) is 11.5 Å². The topological polar surface area (TPSA) is 93.1 Å². The van der Waals surface area contributed by atoms with Crippen molar-refractivity contribution < 1.29 is 19.8 Å². The molecule has 1 aliphatic rings. The largest absolute Gasteiger partial charge is 0.508 e. The summed E-state index contributed by atoms with van der Waals surface area (Å²) in [5, 5.41) is 22.1. The minimum Gasteiger partial charge on any atom is -0.508 e. The molecule has 3 N–H and O–H groups in total. The standard InChI is InChI=1S/C21H25N3O4/c1-23(2)17-5-3-14(4-6-17)20(27)22-16-7-9-24(10-8-16)21(28)15-11-18(25)13-19(26)12-15/h3-6,11-13,16,25-26H,7-10H2,1-2H3,(H,22,27). The zero-order chi connectivity index (χ0) is 20.3. The molecular weight excluding hydrogens is 358 g/mol. The molecule has 0 radical (unpaired) electrons. The summed E-state index contributed by atoms with van der Waals surface area (Å²) in [6.45, 7) is 1.000. The van der Waals surface area contributed by atoms with Gasteiger partial charge in [0, 0.05) is 56.1 Å². The number of piperidine rings is 1. The predicted molar refractivity (Wildman–Crippen MR) is 107 cm³/mol. The average molecular weight is 383 g/mol. The van der Waals surface area contributed by atoms with Gasteiger partial charge in [0.25, 0.3) is 11.8 Å². The molecule has 2 aromatic carbocycles. The fourth-order valence-corrected chi connectivity index (χ4v) is 3.31. The van der Waals surface area contributed by atoms with Crippen molar-refractivity contribution in [1.29, 1.82) is 0 Å². The maximum atomic E-state index is 12.6. The number of rotatable bonds is 4. The van der Waals surface area contributed by atoms with Gasteiger partial charge in [-0.15, -0.1) is 0 Å². The molecule has 7 nitrogen and oxygen atoms in total. The molecule has 0 aliphatic carbocycles. The lowest BCUT2D eigenvalue weighted by Gasteiger charge is -2.32. The van der Waals surface area contributed by atoms with Crippen LogP contribution in [0.2, 0.25) is 0 Å². The third-order valence-corrected chi connectivity index (χ3v) is 4.91. The number of carbonyl (C=O) groups is 2. The second-order valence-corrected chi connectivity index (χ2v) is 7.22. The third-order valence-electron chi connectivity index (χ3n) is 4.91. The molecule has 0 unspecified atom stereocenters. The molecule has 28 heavy (non-hydrogen) atoms. The van der Waals surface area contributed by atoms with Gasteiger partial charge in [-0.1, -0.05) is 0 Å². The van der Waals surface area contributed by atoms with E-state index < -0.39 is 0 Å². The van der Waals surface area contributed by atoms with Crippen LogP contribution < -0.4 is 10.2 Å². The van der Waals surface area contributed by atoms with E-state index in [0.717, 1.165) is 5.69 Å². The van der Waals surface area contributed by atoms with Gasteiger partial charge in [-0.05, 0) is 49.2 Å². The second kappa shape index (κ2) is 8.21. The summed E-state index contributed by atoms with van der Waals surface area (Å²) in [5.74, 6) is -0.653. The number of nitrogens with one attached hydrogen (secondary N) is 1. The zero-order valence-electron chi connectivity index (χ0n) is 16.1. The molecule has 2 amide bonds. The van der Waals surface area contributed by atoms with Crippen LogP contribution in [0.25, 0.3) is 0 Å². The Balaban J connectivity index is 1.55. The molecule has 0 saturated carbocycles. The quantitative estimate of drug-likeness (QED) is 0.753. The second-order valence-electron chi connectivity index (χ2n) is 7.22. The van der Waals surface area contributed by atoms with Crippen LogP contribution in [0.15, 0.2) is 42.5 Å². The fraction of sp³-hybridized carbons (Fsp3) is 0.333. The maximum absolute atomic E-state index is 12.6. The highest BCUT2D eigenvalue weighted by molar-refractivity contribution is 5.96. The lowest BCUT2D eigenvalue weighted by molar-refractivity contribution is 0.0697. The van der Waals surface area contributed by atoms with E-state index >= 15 is 0 Å². The van der Waals surface area contributed by atoms with E-state index in [1.807, 2.05) is 31.1 Å². The van der Waals surface area contributed by atoms with Crippen LogP contribution in [0.5, 0.6) is 11.5 Å². The van der Waals surface area contributed by atoms with Crippen molar-refractivity contribution >= 4 is 17.5 Å². The molecule has 0 spiro atoms. The first kappa shape index (κ1) is 19.5. The summed E-state index contributed by atoms with van der Waals surface area (Å²) in [6.07, 6.45) is 1.30. The summed E-state index contributed by atoms with van der Waals surface area (Å²) < 4.78 is 0. The highest BCUT2D eigenvalue weighted by Gasteiger charge is 2.25. The summed E-state index contributed by atoms with van der Waals surface area (Å²) in [4.78, 5) is 28.6. The fourth-order valence-electron chi connectivity index (χ4n) is 3.31. The summed E-state index contributed by atoms with van der Waals surface area (Å²) in [7, 11) is 3.89. The van der Waals surface area contributed by atoms with Crippen molar-refractivity contribution in [2.75, 3.05) is 32.1 Å². The average Bonchev–Trinajstić information content (AvgIpc) is 2.67. The van der Waals surface area contributed by atoms with Crippen molar-refractivity contribution in [2.24, 2.45) is 0 Å². The Morgan fingerprint density at radius 2 is 1.54 bits per heavy atom. The van der Waals surface area contributed by atoms with Crippen molar-refractivity contribution in [3.05, 3.63) is 53.6 Å². The van der Waals surface area contributed by atoms with Gasteiger partial charge in [0.05, 0.1) is 0 Å². The molecular formula is C21H25N3O4. The van der Waals surface area contributed by atoms with Gasteiger partial charge in [0.15, 0.2) is 0 Å². The molecule has 3 rings (SSSR count). The van der Waals surface area contributed by atoms with Crippen molar-refractivity contribution in [1.82, 2.24) is 10.2 Å². The first-order valence-corrected chi connectivity index (χ1v) is 9.24. The Labute approximate surface area is 164 Å². The van der Waals surface area contributed by atoms with E-state index in [-0.39, 0.29) is 34.9 Å². The van der Waals surface area contributed by atoms with Gasteiger partial charge in [-0.3, -0.25) is 9.59 Å². The first-order valence-electron chi connectivity index (χ1n) is 9.24. The van der Waals surface area contributed by atoms with E-state index in [2.05, 4.69) is 5.32 Å². The Morgan fingerprint density at radius 3 is 2.07 bits per heavy atom. The minimum absolute atomic E-state index is 0.00246. The van der Waals surface area contributed by atoms with Crippen LogP contribution in [0, 0.1) is 0 Å². The molecule has 1 fully saturated rings. The van der Waals surface area contributed by atoms with Crippen molar-refractivity contribution in [3.63, 3.8) is 0 Å². The molecule has 1 aliphatic heterocycles. The predicted octanol–water partition coefficient (Wildman–Crippen LogP) is 2.20. The van der Waals surface area contributed by atoms with E-state index in [4.69, 9.17) is 0 Å². The van der Waals surface area contributed by atoms with Gasteiger partial charge in [-0.2, -0.15) is 0 Å². The molecule has 1 heterocycles. The Hall–Kier alpha value is -3.22. The van der Waals surface area contributed by atoms with Gasteiger partial charge >= 0.3 is 0 Å². The highest BCUT2D eigenvalue weighted by Crippen LogP contribution is 2.23. The summed E-state index contributed by atoms with van der Waals surface area (Å²) >= 11 is 0. The zero-order valence-corrected chi connectivity index (χ0v) is 16.1. The maximum Gasteiger partial charge on any atom is 0.254 e. The van der Waals surface area contributed by atoms with Gasteiger partial charge < -0.3 is 25.3 Å². The number of hydrogen-bond acceptors (Lipinski definition) is 5. The highest BCUT2D eigenvalue weighted by atomic mass is 16.3. The SMILES string of the molecule is CN(C)c1ccc(C(=O)NC2CCN(C(=O)c3cc(O)cc(O)c3)CC2)cc1. The van der Waals surface area contributed by atoms with Crippen LogP contribution >= 0.6 is 0 Å². The van der Waals surface area contributed by atoms with Crippen molar-refractivity contribution in [2.45, 2.75) is 18.9 Å². The summed E-state index contributed by atoms with van der Waals surface area (Å²) in [5.41, 5.74) is 1.89. The number of benzene rings is 2. The number of nitrogens with zero attached hydrogens (tertiary/aromatic N) is 2. The lowest BCUT2D eigenvalue weighted by Crippen LogP contribution is -2.46. The number of phenolic OH excluding ortho intramolecular Hbond substituents is 2. The van der Waals surface area contributed by atoms with E-state index in [1.165, 1.54) is 18.2 Å². The number of carbonyl (C=O) groups excluding carboxylic acids is 2. The minimum atomic E-state index is -0.241. The van der Waals surface area contributed by atoms with E-state index in [9.17, 15) is 19.8 Å². The summed E-state index contributed by atoms with van der Waals surface area (Å²) in [6, 6.07) is 11.3. The first-order chi connectivity index (χ1) is 13.3. The van der Waals surface area contributed by atoms with Crippen molar-refractivity contribution in [3.8, 4) is 11.5 Å². The lowest BCUT2D eigenvalue weighted by atomic mass is 10.0. The molecule has 0 bridgehead atoms. The molecule has 7 heteroatoms. The van der Waals surface area contributed by atoms with Crippen LogP contribution in [-0.2, 0) is 0 Å². The number of aromatic hydroxyl groups is 2. The Kier molecular flexibility index (Phi) is 5.73. The monoisotopic (exact) mass is 383 g/mol. The molecule has 148 valence electrons. The molecule has 0 aromatic heterocycles. The molecule has 1 saturated heterocycles. The number of hydrogen-bond donors (Lipinski definition) is 3. The molecule has 2 aromatic rings. The third kappa shape index (κ3) is 4.54. The number of anilines is 1. The normalized spacial score (nSPS) is 14.6. The van der Waals surface area contributed by atoms with E-state index in [0.29, 0.717) is 31.5 Å². The van der Waals surface area contributed by atoms with Gasteiger partial charge in [-0.25, -0.2) is 0 Å². The van der Waals surface area contributed by atoms with Crippen LogP contribution in [0.3, 0.4) is 0 Å². The number of likely N-dealkylation sites (tertiary alicyclic amines) is 1. The number of amides is 2. The van der Waals surface area contributed by atoms with Crippen LogP contribution in [-0.4, -0.2) is 60.2 Å². The Morgan fingerprint density at radius 1 is 0.964 bits per heavy atom. The van der Waals surface area contributed by atoms with Crippen LogP contribution in [0.4, 0.5) is 5.69 Å². The molecule has 0 atom stereocenters. The number of phenols is 2. The van der Waals surface area contributed by atoms with Gasteiger partial charge in [0.2, 0.25) is 0 Å². The Bertz CT molecular complexity index is 836. The van der Waals surface area contributed by atoms with E-state index in [1.54, 1.807) is 17.0 Å². The smallest absolute Gasteiger partial charge is 0.254 e. The van der Waals surface area contributed by atoms with Crippen LogP contribution in [0.1, 0.15) is 33.6 Å².